The third-order valence-electron chi connectivity index (χ3n) is 3.45. The minimum Gasteiger partial charge on any atom is -0.497 e. The molecular formula is C18H16ClN3O2. The number of H-pyrrole nitrogens is 1. The van der Waals surface area contributed by atoms with Crippen molar-refractivity contribution in [3.8, 4) is 5.75 Å². The summed E-state index contributed by atoms with van der Waals surface area (Å²) in [5.74, 6) is 1.19. The fraction of sp³-hybridized carbons (Fsp3) is 0.111. The van der Waals surface area contributed by atoms with Gasteiger partial charge in [-0.25, -0.2) is 4.98 Å². The Bertz CT molecular complexity index is 874. The molecule has 0 saturated carbocycles. The molecule has 0 atom stereocenters. The topological polar surface area (TPSA) is 67.0 Å². The zero-order chi connectivity index (χ0) is 16.9. The molecule has 0 bridgehead atoms. The molecule has 0 spiro atoms. The maximum atomic E-state index is 11.9. The van der Waals surface area contributed by atoms with Gasteiger partial charge in [-0.05, 0) is 42.0 Å². The van der Waals surface area contributed by atoms with E-state index in [1.165, 1.54) is 6.07 Å². The van der Waals surface area contributed by atoms with Crippen LogP contribution in [0.1, 0.15) is 11.3 Å². The molecule has 6 heteroatoms. The summed E-state index contributed by atoms with van der Waals surface area (Å²) < 4.78 is 5.14. The van der Waals surface area contributed by atoms with E-state index in [4.69, 9.17) is 16.3 Å². The number of methoxy groups -OCH3 is 1. The van der Waals surface area contributed by atoms with E-state index in [0.717, 1.165) is 17.0 Å². The van der Waals surface area contributed by atoms with Gasteiger partial charge in [0, 0.05) is 23.2 Å². The predicted molar refractivity (Wildman–Crippen MR) is 95.4 cm³/mol. The standard InChI is InChI=1S/C18H16ClN3O2/c1-24-16-8-2-12(3-9-16)10-15-11-17(23)22-18(21-15)20-14-6-4-13(19)5-7-14/h2-9,11H,10H2,1H3,(H2,20,21,22,23). The number of nitrogens with zero attached hydrogens (tertiary/aromatic N) is 1. The second-order valence-corrected chi connectivity index (χ2v) is 5.68. The first-order chi connectivity index (χ1) is 11.6. The number of anilines is 2. The van der Waals surface area contributed by atoms with Gasteiger partial charge in [0.05, 0.1) is 12.8 Å². The number of nitrogens with one attached hydrogen (secondary N) is 2. The maximum absolute atomic E-state index is 11.9. The summed E-state index contributed by atoms with van der Waals surface area (Å²) in [6.45, 7) is 0. The number of benzene rings is 2. The molecule has 3 rings (SSSR count). The zero-order valence-electron chi connectivity index (χ0n) is 13.0. The molecule has 24 heavy (non-hydrogen) atoms. The minimum absolute atomic E-state index is 0.204. The van der Waals surface area contributed by atoms with Crippen molar-refractivity contribution in [1.29, 1.82) is 0 Å². The molecule has 0 fully saturated rings. The van der Waals surface area contributed by atoms with E-state index in [0.29, 0.717) is 23.1 Å². The van der Waals surface area contributed by atoms with Gasteiger partial charge in [0.25, 0.3) is 5.56 Å². The first-order valence-electron chi connectivity index (χ1n) is 7.38. The molecule has 1 heterocycles. The Labute approximate surface area is 144 Å². The zero-order valence-corrected chi connectivity index (χ0v) is 13.8. The Morgan fingerprint density at radius 1 is 1.12 bits per heavy atom. The van der Waals surface area contributed by atoms with Gasteiger partial charge in [-0.3, -0.25) is 9.78 Å². The molecule has 3 aromatic rings. The molecule has 0 aliphatic heterocycles. The highest BCUT2D eigenvalue weighted by Crippen LogP contribution is 2.17. The largest absolute Gasteiger partial charge is 0.497 e. The SMILES string of the molecule is COc1ccc(Cc2cc(=O)[nH]c(Nc3ccc(Cl)cc3)n2)cc1. The van der Waals surface area contributed by atoms with Gasteiger partial charge in [0.15, 0.2) is 0 Å². The lowest BCUT2D eigenvalue weighted by molar-refractivity contribution is 0.414. The van der Waals surface area contributed by atoms with Crippen molar-refractivity contribution in [1.82, 2.24) is 9.97 Å². The van der Waals surface area contributed by atoms with Crippen molar-refractivity contribution in [3.05, 3.63) is 81.2 Å². The number of aromatic nitrogens is 2. The van der Waals surface area contributed by atoms with Crippen LogP contribution in [0.2, 0.25) is 5.02 Å². The van der Waals surface area contributed by atoms with E-state index in [-0.39, 0.29) is 5.56 Å². The molecular weight excluding hydrogens is 326 g/mol. The second-order valence-electron chi connectivity index (χ2n) is 5.24. The van der Waals surface area contributed by atoms with Gasteiger partial charge in [-0.2, -0.15) is 0 Å². The molecule has 1 aromatic heterocycles. The van der Waals surface area contributed by atoms with Crippen LogP contribution in [-0.4, -0.2) is 17.1 Å². The van der Waals surface area contributed by atoms with Crippen molar-refractivity contribution in [3.63, 3.8) is 0 Å². The summed E-state index contributed by atoms with van der Waals surface area (Å²) in [4.78, 5) is 19.0. The summed E-state index contributed by atoms with van der Waals surface area (Å²) in [6, 6.07) is 16.3. The average molecular weight is 342 g/mol. The molecule has 2 N–H and O–H groups in total. The van der Waals surface area contributed by atoms with Gasteiger partial charge in [0.2, 0.25) is 5.95 Å². The maximum Gasteiger partial charge on any atom is 0.252 e. The Hall–Kier alpha value is -2.79. The third-order valence-corrected chi connectivity index (χ3v) is 3.70. The highest BCUT2D eigenvalue weighted by atomic mass is 35.5. The van der Waals surface area contributed by atoms with Crippen LogP contribution >= 0.6 is 11.6 Å². The van der Waals surface area contributed by atoms with Crippen molar-refractivity contribution in [2.24, 2.45) is 0 Å². The number of aromatic amines is 1. The summed E-state index contributed by atoms with van der Waals surface area (Å²) in [5, 5.41) is 3.72. The van der Waals surface area contributed by atoms with E-state index >= 15 is 0 Å². The fourth-order valence-corrected chi connectivity index (χ4v) is 2.41. The van der Waals surface area contributed by atoms with Crippen LogP contribution in [-0.2, 0) is 6.42 Å². The smallest absolute Gasteiger partial charge is 0.252 e. The Morgan fingerprint density at radius 3 is 2.50 bits per heavy atom. The molecule has 0 aliphatic carbocycles. The van der Waals surface area contributed by atoms with Crippen LogP contribution < -0.4 is 15.6 Å². The summed E-state index contributed by atoms with van der Waals surface area (Å²) in [7, 11) is 1.63. The highest BCUT2D eigenvalue weighted by Gasteiger charge is 2.04. The number of ether oxygens (including phenoxy) is 1. The normalized spacial score (nSPS) is 10.4. The molecule has 122 valence electrons. The number of rotatable bonds is 5. The van der Waals surface area contributed by atoms with Gasteiger partial charge >= 0.3 is 0 Å². The van der Waals surface area contributed by atoms with Crippen LogP contribution in [0.5, 0.6) is 5.75 Å². The van der Waals surface area contributed by atoms with Crippen molar-refractivity contribution >= 4 is 23.2 Å². The second kappa shape index (κ2) is 7.19. The summed E-state index contributed by atoms with van der Waals surface area (Å²) >= 11 is 5.87. The van der Waals surface area contributed by atoms with Crippen LogP contribution in [0.4, 0.5) is 11.6 Å². The van der Waals surface area contributed by atoms with Gasteiger partial charge in [-0.15, -0.1) is 0 Å². The minimum atomic E-state index is -0.204. The quantitative estimate of drug-likeness (QED) is 0.741. The lowest BCUT2D eigenvalue weighted by Crippen LogP contribution is -2.12. The van der Waals surface area contributed by atoms with Gasteiger partial charge < -0.3 is 10.1 Å². The van der Waals surface area contributed by atoms with E-state index in [2.05, 4.69) is 15.3 Å². The number of hydrogen-bond donors (Lipinski definition) is 2. The van der Waals surface area contributed by atoms with E-state index < -0.39 is 0 Å². The average Bonchev–Trinajstić information content (AvgIpc) is 2.57. The van der Waals surface area contributed by atoms with Crippen LogP contribution in [0, 0.1) is 0 Å². The first-order valence-corrected chi connectivity index (χ1v) is 7.76. The van der Waals surface area contributed by atoms with E-state index in [1.54, 1.807) is 19.2 Å². The number of hydrogen-bond acceptors (Lipinski definition) is 4. The first kappa shape index (κ1) is 16.1. The highest BCUT2D eigenvalue weighted by molar-refractivity contribution is 6.30. The van der Waals surface area contributed by atoms with Crippen LogP contribution in [0.25, 0.3) is 0 Å². The molecule has 0 amide bonds. The molecule has 5 nitrogen and oxygen atoms in total. The molecule has 0 saturated heterocycles. The van der Waals surface area contributed by atoms with Gasteiger partial charge in [-0.1, -0.05) is 23.7 Å². The molecule has 0 unspecified atom stereocenters. The monoisotopic (exact) mass is 341 g/mol. The van der Waals surface area contributed by atoms with Crippen LogP contribution in [0.3, 0.4) is 0 Å². The Kier molecular flexibility index (Phi) is 4.82. The van der Waals surface area contributed by atoms with E-state index in [1.807, 2.05) is 36.4 Å². The van der Waals surface area contributed by atoms with Crippen molar-refractivity contribution in [2.45, 2.75) is 6.42 Å². The van der Waals surface area contributed by atoms with Gasteiger partial charge in [0.1, 0.15) is 5.75 Å². The summed E-state index contributed by atoms with van der Waals surface area (Å²) in [6.07, 6.45) is 0.559. The summed E-state index contributed by atoms with van der Waals surface area (Å²) in [5.41, 5.74) is 2.32. The molecule has 0 aliphatic rings. The Morgan fingerprint density at radius 2 is 1.83 bits per heavy atom. The fourth-order valence-electron chi connectivity index (χ4n) is 2.28. The Balaban J connectivity index is 1.80. The van der Waals surface area contributed by atoms with E-state index in [9.17, 15) is 4.79 Å². The van der Waals surface area contributed by atoms with Crippen LogP contribution in [0.15, 0.2) is 59.4 Å². The number of halogens is 1. The predicted octanol–water partition coefficient (Wildman–Crippen LogP) is 3.77. The molecule has 0 radical (unpaired) electrons. The molecule has 2 aromatic carbocycles. The van der Waals surface area contributed by atoms with Crippen molar-refractivity contribution < 1.29 is 4.74 Å². The third kappa shape index (κ3) is 4.14. The lowest BCUT2D eigenvalue weighted by Gasteiger charge is -2.08. The van der Waals surface area contributed by atoms with Crippen molar-refractivity contribution in [2.75, 3.05) is 12.4 Å². The lowest BCUT2D eigenvalue weighted by atomic mass is 10.1.